The SMILES string of the molecule is CCn1cc(NC(=O)CCn2cc([N+](=O)[O-])c(OC)n2)c(C(=O)NCC(C)C)n1. The lowest BCUT2D eigenvalue weighted by Gasteiger charge is -2.08. The fourth-order valence-electron chi connectivity index (χ4n) is 2.43. The van der Waals surface area contributed by atoms with E-state index in [9.17, 15) is 19.7 Å². The number of nitrogens with one attached hydrogen (secondary N) is 2. The quantitative estimate of drug-likeness (QED) is 0.447. The first kappa shape index (κ1) is 21.9. The number of rotatable bonds is 10. The number of aryl methyl sites for hydroxylation is 2. The smallest absolute Gasteiger partial charge is 0.350 e. The third-order valence-corrected chi connectivity index (χ3v) is 3.91. The van der Waals surface area contributed by atoms with Crippen LogP contribution in [0.4, 0.5) is 11.4 Å². The summed E-state index contributed by atoms with van der Waals surface area (Å²) in [7, 11) is 1.28. The van der Waals surface area contributed by atoms with Gasteiger partial charge in [-0.15, -0.1) is 5.10 Å². The van der Waals surface area contributed by atoms with Crippen molar-refractivity contribution in [3.63, 3.8) is 0 Å². The van der Waals surface area contributed by atoms with E-state index in [-0.39, 0.29) is 48.0 Å². The fourth-order valence-corrected chi connectivity index (χ4v) is 2.43. The number of carbonyl (C=O) groups is 2. The molecule has 0 saturated heterocycles. The van der Waals surface area contributed by atoms with Crippen LogP contribution in [0, 0.1) is 16.0 Å². The van der Waals surface area contributed by atoms with Crippen LogP contribution >= 0.6 is 0 Å². The lowest BCUT2D eigenvalue weighted by Crippen LogP contribution is -2.29. The Labute approximate surface area is 167 Å². The van der Waals surface area contributed by atoms with Crippen molar-refractivity contribution >= 4 is 23.2 Å². The van der Waals surface area contributed by atoms with Gasteiger partial charge >= 0.3 is 11.6 Å². The highest BCUT2D eigenvalue weighted by atomic mass is 16.6. The van der Waals surface area contributed by atoms with Crippen LogP contribution in [0.2, 0.25) is 0 Å². The van der Waals surface area contributed by atoms with Gasteiger partial charge in [0, 0.05) is 25.7 Å². The third kappa shape index (κ3) is 5.77. The fraction of sp³-hybridized carbons (Fsp3) is 0.529. The molecule has 2 rings (SSSR count). The number of anilines is 1. The molecule has 2 aromatic heterocycles. The summed E-state index contributed by atoms with van der Waals surface area (Å²) in [5.74, 6) is -0.589. The molecule has 158 valence electrons. The van der Waals surface area contributed by atoms with Gasteiger partial charge in [0.2, 0.25) is 5.91 Å². The molecule has 0 aliphatic rings. The van der Waals surface area contributed by atoms with Crippen molar-refractivity contribution in [1.29, 1.82) is 0 Å². The van der Waals surface area contributed by atoms with Crippen molar-refractivity contribution in [3.8, 4) is 5.88 Å². The maximum atomic E-state index is 12.4. The van der Waals surface area contributed by atoms with Crippen molar-refractivity contribution in [3.05, 3.63) is 28.2 Å². The maximum Gasteiger partial charge on any atom is 0.350 e. The predicted octanol–water partition coefficient (Wildman–Crippen LogP) is 1.43. The third-order valence-electron chi connectivity index (χ3n) is 3.91. The van der Waals surface area contributed by atoms with E-state index < -0.39 is 4.92 Å². The number of hydrogen-bond acceptors (Lipinski definition) is 7. The van der Waals surface area contributed by atoms with Gasteiger partial charge in [-0.25, -0.2) is 0 Å². The molecular weight excluding hydrogens is 382 g/mol. The van der Waals surface area contributed by atoms with Gasteiger partial charge < -0.3 is 15.4 Å². The van der Waals surface area contributed by atoms with E-state index in [2.05, 4.69) is 20.8 Å². The number of ether oxygens (including phenoxy) is 1. The molecule has 0 atom stereocenters. The average Bonchev–Trinajstić information content (AvgIpc) is 3.28. The van der Waals surface area contributed by atoms with E-state index in [1.54, 1.807) is 10.9 Å². The van der Waals surface area contributed by atoms with Gasteiger partial charge in [0.25, 0.3) is 5.91 Å². The number of amides is 2. The molecular formula is C17H25N7O5. The molecule has 0 saturated carbocycles. The molecule has 0 spiro atoms. The van der Waals surface area contributed by atoms with Gasteiger partial charge in [-0.3, -0.25) is 29.1 Å². The van der Waals surface area contributed by atoms with Crippen molar-refractivity contribution in [2.45, 2.75) is 40.3 Å². The van der Waals surface area contributed by atoms with Crippen LogP contribution in [-0.2, 0) is 17.9 Å². The zero-order valence-electron chi connectivity index (χ0n) is 16.8. The van der Waals surface area contributed by atoms with Crippen molar-refractivity contribution in [1.82, 2.24) is 24.9 Å². The Morgan fingerprint density at radius 1 is 1.28 bits per heavy atom. The van der Waals surface area contributed by atoms with Gasteiger partial charge in [-0.05, 0) is 12.8 Å². The first-order chi connectivity index (χ1) is 13.7. The van der Waals surface area contributed by atoms with Crippen LogP contribution in [0.5, 0.6) is 5.88 Å². The zero-order valence-corrected chi connectivity index (χ0v) is 16.8. The van der Waals surface area contributed by atoms with E-state index in [0.29, 0.717) is 18.8 Å². The Bertz CT molecular complexity index is 887. The molecule has 2 N–H and O–H groups in total. The van der Waals surface area contributed by atoms with Gasteiger partial charge in [-0.1, -0.05) is 13.8 Å². The number of nitro groups is 1. The Morgan fingerprint density at radius 3 is 2.55 bits per heavy atom. The Kier molecular flexibility index (Phi) is 7.28. The summed E-state index contributed by atoms with van der Waals surface area (Å²) >= 11 is 0. The molecule has 2 amide bonds. The molecule has 2 aromatic rings. The highest BCUT2D eigenvalue weighted by Gasteiger charge is 2.21. The summed E-state index contributed by atoms with van der Waals surface area (Å²) in [6.45, 7) is 6.95. The van der Waals surface area contributed by atoms with Crippen molar-refractivity contribution in [2.75, 3.05) is 19.0 Å². The molecule has 12 nitrogen and oxygen atoms in total. The van der Waals surface area contributed by atoms with Crippen molar-refractivity contribution in [2.24, 2.45) is 5.92 Å². The minimum absolute atomic E-state index is 0.00759. The number of methoxy groups -OCH3 is 1. The van der Waals surface area contributed by atoms with Gasteiger partial charge in [0.05, 0.1) is 24.3 Å². The number of nitrogens with zero attached hydrogens (tertiary/aromatic N) is 5. The molecule has 0 aliphatic carbocycles. The van der Waals surface area contributed by atoms with E-state index in [1.165, 1.54) is 18.0 Å². The van der Waals surface area contributed by atoms with E-state index in [4.69, 9.17) is 4.74 Å². The molecule has 0 aliphatic heterocycles. The predicted molar refractivity (Wildman–Crippen MR) is 104 cm³/mol. The molecule has 29 heavy (non-hydrogen) atoms. The largest absolute Gasteiger partial charge is 0.475 e. The first-order valence-corrected chi connectivity index (χ1v) is 9.16. The molecule has 0 radical (unpaired) electrons. The standard InChI is InChI=1S/C17H25N7O5/c1-5-22-9-12(15(20-22)16(26)18-8-11(2)3)19-14(25)6-7-23-10-13(24(27)28)17(21-23)29-4/h9-11H,5-8H2,1-4H3,(H,18,26)(H,19,25). The summed E-state index contributed by atoms with van der Waals surface area (Å²) in [6.07, 6.45) is 2.78. The minimum Gasteiger partial charge on any atom is -0.475 e. The number of carbonyl (C=O) groups excluding carboxylic acids is 2. The zero-order chi connectivity index (χ0) is 21.6. The van der Waals surface area contributed by atoms with E-state index in [0.717, 1.165) is 0 Å². The van der Waals surface area contributed by atoms with Crippen LogP contribution in [0.25, 0.3) is 0 Å². The first-order valence-electron chi connectivity index (χ1n) is 9.16. The topological polar surface area (TPSA) is 146 Å². The number of aromatic nitrogens is 4. The minimum atomic E-state index is -0.608. The molecule has 0 aromatic carbocycles. The van der Waals surface area contributed by atoms with Gasteiger partial charge in [0.15, 0.2) is 5.69 Å². The Balaban J connectivity index is 2.04. The lowest BCUT2D eigenvalue weighted by molar-refractivity contribution is -0.385. The van der Waals surface area contributed by atoms with Crippen LogP contribution in [0.1, 0.15) is 37.7 Å². The van der Waals surface area contributed by atoms with E-state index >= 15 is 0 Å². The maximum absolute atomic E-state index is 12.4. The summed E-state index contributed by atoms with van der Waals surface area (Å²) in [5.41, 5.74) is 0.167. The highest BCUT2D eigenvalue weighted by molar-refractivity contribution is 6.02. The monoisotopic (exact) mass is 407 g/mol. The molecule has 0 fully saturated rings. The second-order valence-electron chi connectivity index (χ2n) is 6.69. The molecule has 12 heteroatoms. The number of hydrogen-bond donors (Lipinski definition) is 2. The average molecular weight is 407 g/mol. The molecule has 2 heterocycles. The van der Waals surface area contributed by atoms with Crippen LogP contribution in [-0.4, -0.2) is 50.0 Å². The lowest BCUT2D eigenvalue weighted by atomic mass is 10.2. The summed E-state index contributed by atoms with van der Waals surface area (Å²) < 4.78 is 7.68. The Hall–Kier alpha value is -3.44. The van der Waals surface area contributed by atoms with Crippen LogP contribution < -0.4 is 15.4 Å². The Morgan fingerprint density at radius 2 is 2.00 bits per heavy atom. The van der Waals surface area contributed by atoms with Gasteiger partial charge in [0.1, 0.15) is 6.20 Å². The van der Waals surface area contributed by atoms with E-state index in [1.807, 2.05) is 20.8 Å². The summed E-state index contributed by atoms with van der Waals surface area (Å²) in [6, 6.07) is 0. The van der Waals surface area contributed by atoms with Crippen LogP contribution in [0.3, 0.4) is 0 Å². The summed E-state index contributed by atoms with van der Waals surface area (Å²) in [4.78, 5) is 35.0. The highest BCUT2D eigenvalue weighted by Crippen LogP contribution is 2.24. The second kappa shape index (κ2) is 9.66. The van der Waals surface area contributed by atoms with Crippen molar-refractivity contribution < 1.29 is 19.2 Å². The molecule has 0 bridgehead atoms. The second-order valence-corrected chi connectivity index (χ2v) is 6.69. The summed E-state index contributed by atoms with van der Waals surface area (Å²) in [5, 5.41) is 24.5. The van der Waals surface area contributed by atoms with Gasteiger partial charge in [-0.2, -0.15) is 5.10 Å². The normalized spacial score (nSPS) is 10.8. The van der Waals surface area contributed by atoms with Crippen LogP contribution in [0.15, 0.2) is 12.4 Å². The molecule has 0 unspecified atom stereocenters.